The first-order valence-electron chi connectivity index (χ1n) is 5.62. The Balaban J connectivity index is 2.44. The molecule has 0 spiro atoms. The largest absolute Gasteiger partial charge is 0.481 e. The maximum atomic E-state index is 10.7. The summed E-state index contributed by atoms with van der Waals surface area (Å²) in [6.07, 6.45) is 1.69. The predicted molar refractivity (Wildman–Crippen MR) is 79.1 cm³/mol. The molecule has 2 rings (SSSR count). The Labute approximate surface area is 128 Å². The van der Waals surface area contributed by atoms with Gasteiger partial charge < -0.3 is 5.11 Å². The molecule has 0 unspecified atom stereocenters. The van der Waals surface area contributed by atoms with E-state index in [1.165, 1.54) is 0 Å². The van der Waals surface area contributed by atoms with Crippen molar-refractivity contribution in [1.82, 2.24) is 9.55 Å². The Kier molecular flexibility index (Phi) is 4.47. The first-order valence-corrected chi connectivity index (χ1v) is 7.39. The second-order valence-corrected chi connectivity index (χ2v) is 5.77. The van der Waals surface area contributed by atoms with Crippen molar-refractivity contribution < 1.29 is 9.90 Å². The summed E-state index contributed by atoms with van der Waals surface area (Å²) in [6.45, 7) is 1.89. The van der Waals surface area contributed by atoms with Crippen molar-refractivity contribution in [2.24, 2.45) is 0 Å². The highest BCUT2D eigenvalue weighted by atomic mass is 79.9. The molecule has 102 valence electrons. The fraction of sp³-hybridized carbons (Fsp3) is 0.154. The second-order valence-electron chi connectivity index (χ2n) is 3.98. The third-order valence-corrected chi connectivity index (χ3v) is 4.12. The van der Waals surface area contributed by atoms with Crippen molar-refractivity contribution in [2.75, 3.05) is 5.75 Å². The molecule has 7 heteroatoms. The maximum absolute atomic E-state index is 10.7. The molecule has 1 aromatic heterocycles. The summed E-state index contributed by atoms with van der Waals surface area (Å²) in [5, 5.41) is 18.2. The number of rotatable bonds is 4. The molecule has 0 radical (unpaired) electrons. The number of hydrogen-bond donors (Lipinski definition) is 1. The summed E-state index contributed by atoms with van der Waals surface area (Å²) in [6, 6.07) is 7.32. The normalized spacial score (nSPS) is 10.2. The number of nitrogens with zero attached hydrogens (tertiary/aromatic N) is 3. The van der Waals surface area contributed by atoms with E-state index in [0.717, 1.165) is 27.6 Å². The van der Waals surface area contributed by atoms with E-state index in [1.54, 1.807) is 18.3 Å². The maximum Gasteiger partial charge on any atom is 0.313 e. The summed E-state index contributed by atoms with van der Waals surface area (Å²) < 4.78 is 2.62. The molecule has 0 saturated heterocycles. The van der Waals surface area contributed by atoms with Gasteiger partial charge in [-0.05, 0) is 41.1 Å². The van der Waals surface area contributed by atoms with Gasteiger partial charge in [-0.2, -0.15) is 5.26 Å². The van der Waals surface area contributed by atoms with Gasteiger partial charge in [0.1, 0.15) is 0 Å². The predicted octanol–water partition coefficient (Wildman–Crippen LogP) is 2.99. The zero-order valence-corrected chi connectivity index (χ0v) is 12.9. The minimum Gasteiger partial charge on any atom is -0.481 e. The van der Waals surface area contributed by atoms with Crippen molar-refractivity contribution >= 4 is 33.7 Å². The molecule has 0 amide bonds. The number of imidazole rings is 1. The van der Waals surface area contributed by atoms with Gasteiger partial charge in [-0.1, -0.05) is 11.8 Å². The average molecular weight is 352 g/mol. The molecule has 0 atom stereocenters. The lowest BCUT2D eigenvalue weighted by atomic mass is 10.2. The highest BCUT2D eigenvalue weighted by Crippen LogP contribution is 2.28. The minimum absolute atomic E-state index is 0.0512. The van der Waals surface area contributed by atoms with Crippen LogP contribution in [0.4, 0.5) is 0 Å². The molecule has 0 aliphatic rings. The fourth-order valence-corrected chi connectivity index (χ4v) is 3.00. The molecule has 1 N–H and O–H groups in total. The molecule has 0 aliphatic carbocycles. The number of hydrogen-bond acceptors (Lipinski definition) is 4. The number of halogens is 1. The number of thioether (sulfide) groups is 1. The summed E-state index contributed by atoms with van der Waals surface area (Å²) in [5.41, 5.74) is 2.27. The van der Waals surface area contributed by atoms with Crippen LogP contribution in [-0.4, -0.2) is 26.4 Å². The average Bonchev–Trinajstić information content (AvgIpc) is 2.77. The summed E-state index contributed by atoms with van der Waals surface area (Å²) in [5.74, 6) is -0.939. The molecule has 0 aliphatic heterocycles. The van der Waals surface area contributed by atoms with E-state index in [9.17, 15) is 4.79 Å². The van der Waals surface area contributed by atoms with E-state index in [4.69, 9.17) is 10.4 Å². The van der Waals surface area contributed by atoms with Crippen LogP contribution in [-0.2, 0) is 4.79 Å². The van der Waals surface area contributed by atoms with Crippen molar-refractivity contribution in [3.8, 4) is 11.8 Å². The molecule has 0 saturated carbocycles. The lowest BCUT2D eigenvalue weighted by molar-refractivity contribution is -0.133. The van der Waals surface area contributed by atoms with Crippen molar-refractivity contribution in [3.63, 3.8) is 0 Å². The number of aliphatic carboxylic acids is 1. The van der Waals surface area contributed by atoms with Crippen LogP contribution < -0.4 is 0 Å². The topological polar surface area (TPSA) is 78.9 Å². The molecule has 0 fully saturated rings. The van der Waals surface area contributed by atoms with Crippen LogP contribution >= 0.6 is 27.7 Å². The molecule has 1 aromatic carbocycles. The summed E-state index contributed by atoms with van der Waals surface area (Å²) in [4.78, 5) is 14.9. The van der Waals surface area contributed by atoms with Crippen molar-refractivity contribution in [3.05, 3.63) is 40.1 Å². The van der Waals surface area contributed by atoms with E-state index in [0.29, 0.717) is 10.7 Å². The fourth-order valence-electron chi connectivity index (χ4n) is 1.69. The zero-order valence-electron chi connectivity index (χ0n) is 10.5. The van der Waals surface area contributed by atoms with E-state index in [1.807, 2.05) is 17.6 Å². The summed E-state index contributed by atoms with van der Waals surface area (Å²) >= 11 is 4.59. The Morgan fingerprint density at radius 3 is 2.95 bits per heavy atom. The van der Waals surface area contributed by atoms with Gasteiger partial charge in [0, 0.05) is 16.4 Å². The number of nitriles is 1. The molecular formula is C13H10BrN3O2S. The van der Waals surface area contributed by atoms with Gasteiger partial charge in [-0.3, -0.25) is 9.36 Å². The van der Waals surface area contributed by atoms with E-state index < -0.39 is 5.97 Å². The van der Waals surface area contributed by atoms with Gasteiger partial charge in [0.2, 0.25) is 0 Å². The van der Waals surface area contributed by atoms with Crippen LogP contribution in [0.5, 0.6) is 0 Å². The number of benzene rings is 1. The van der Waals surface area contributed by atoms with Crippen LogP contribution in [0.15, 0.2) is 34.0 Å². The van der Waals surface area contributed by atoms with Gasteiger partial charge in [0.25, 0.3) is 0 Å². The lowest BCUT2D eigenvalue weighted by Gasteiger charge is -2.11. The monoisotopic (exact) mass is 351 g/mol. The first kappa shape index (κ1) is 14.6. The molecular weight excluding hydrogens is 342 g/mol. The van der Waals surface area contributed by atoms with Crippen LogP contribution in [0, 0.1) is 18.3 Å². The SMILES string of the molecule is Cc1cnc(SCC(=O)O)n1-c1ccc(C#N)cc1Br. The van der Waals surface area contributed by atoms with Crippen molar-refractivity contribution in [1.29, 1.82) is 5.26 Å². The van der Waals surface area contributed by atoms with Crippen molar-refractivity contribution in [2.45, 2.75) is 12.1 Å². The zero-order chi connectivity index (χ0) is 14.7. The highest BCUT2D eigenvalue weighted by molar-refractivity contribution is 9.10. The Hall–Kier alpha value is -1.78. The van der Waals surface area contributed by atoms with Gasteiger partial charge in [-0.25, -0.2) is 4.98 Å². The summed E-state index contributed by atoms with van der Waals surface area (Å²) in [7, 11) is 0. The number of carboxylic acids is 1. The van der Waals surface area contributed by atoms with E-state index in [2.05, 4.69) is 27.0 Å². The Morgan fingerprint density at radius 1 is 1.60 bits per heavy atom. The molecule has 2 aromatic rings. The van der Waals surface area contributed by atoms with Gasteiger partial charge in [0.05, 0.1) is 23.1 Å². The van der Waals surface area contributed by atoms with Crippen LogP contribution in [0.3, 0.4) is 0 Å². The smallest absolute Gasteiger partial charge is 0.313 e. The van der Waals surface area contributed by atoms with E-state index >= 15 is 0 Å². The molecule has 20 heavy (non-hydrogen) atoms. The quantitative estimate of drug-likeness (QED) is 0.856. The van der Waals surface area contributed by atoms with Crippen LogP contribution in [0.2, 0.25) is 0 Å². The number of aryl methyl sites for hydroxylation is 1. The van der Waals surface area contributed by atoms with Gasteiger partial charge >= 0.3 is 5.97 Å². The number of carbonyl (C=O) groups is 1. The highest BCUT2D eigenvalue weighted by Gasteiger charge is 2.13. The Morgan fingerprint density at radius 2 is 2.35 bits per heavy atom. The number of aromatic nitrogens is 2. The Bertz CT molecular complexity index is 706. The third-order valence-electron chi connectivity index (χ3n) is 2.55. The molecule has 0 bridgehead atoms. The third kappa shape index (κ3) is 3.03. The standard InChI is InChI=1S/C13H10BrN3O2S/c1-8-6-16-13(20-7-12(18)19)17(8)11-3-2-9(5-15)4-10(11)14/h2-4,6H,7H2,1H3,(H,18,19). The van der Waals surface area contributed by atoms with Crippen LogP contribution in [0.25, 0.3) is 5.69 Å². The minimum atomic E-state index is -0.888. The van der Waals surface area contributed by atoms with E-state index in [-0.39, 0.29) is 5.75 Å². The van der Waals surface area contributed by atoms with Gasteiger partial charge in [0.15, 0.2) is 5.16 Å². The number of carboxylic acid groups (broad SMARTS) is 1. The lowest BCUT2D eigenvalue weighted by Crippen LogP contribution is -2.03. The first-order chi connectivity index (χ1) is 9.52. The van der Waals surface area contributed by atoms with Crippen LogP contribution in [0.1, 0.15) is 11.3 Å². The molecule has 5 nitrogen and oxygen atoms in total. The second kappa shape index (κ2) is 6.11. The van der Waals surface area contributed by atoms with Gasteiger partial charge in [-0.15, -0.1) is 0 Å². The molecule has 1 heterocycles.